The molecule has 2 saturated heterocycles. The molecule has 40 heavy (non-hydrogen) atoms. The number of nitrogens with zero attached hydrogens (tertiary/aromatic N) is 1. The van der Waals surface area contributed by atoms with Crippen LogP contribution in [0.3, 0.4) is 0 Å². The van der Waals surface area contributed by atoms with Crippen LogP contribution in [0.1, 0.15) is 93.4 Å². The molecule has 2 aromatic rings. The molecule has 2 aromatic carbocycles. The fourth-order valence-corrected chi connectivity index (χ4v) is 7.90. The Hall–Kier alpha value is -3.25. The third-order valence-corrected chi connectivity index (χ3v) is 9.91. The van der Waals surface area contributed by atoms with E-state index in [1.54, 1.807) is 0 Å². The summed E-state index contributed by atoms with van der Waals surface area (Å²) >= 11 is 0. The molecule has 6 nitrogen and oxygen atoms in total. The number of imide groups is 1. The molecule has 0 aromatic heterocycles. The minimum atomic E-state index is -1.43. The lowest BCUT2D eigenvalue weighted by Crippen LogP contribution is -2.57. The molecule has 4 unspecified atom stereocenters. The van der Waals surface area contributed by atoms with Crippen molar-refractivity contribution >= 4 is 29.9 Å². The van der Waals surface area contributed by atoms with Crippen molar-refractivity contribution in [3.05, 3.63) is 71.3 Å². The van der Waals surface area contributed by atoms with Crippen molar-refractivity contribution in [2.75, 3.05) is 0 Å². The molecule has 4 aliphatic rings. The minimum absolute atomic E-state index is 0.105. The number of carbonyl (C=O) groups excluding carboxylic acids is 2. The number of nitrogens with one attached hydrogen (secondary N) is 1. The van der Waals surface area contributed by atoms with Crippen molar-refractivity contribution in [2.24, 2.45) is 17.8 Å². The third kappa shape index (κ3) is 4.91. The van der Waals surface area contributed by atoms with Gasteiger partial charge in [0.15, 0.2) is 0 Å². The Morgan fingerprint density at radius 1 is 0.825 bits per heavy atom. The van der Waals surface area contributed by atoms with Crippen molar-refractivity contribution in [3.63, 3.8) is 0 Å². The van der Waals surface area contributed by atoms with Crippen LogP contribution >= 0.6 is 0 Å². The van der Waals surface area contributed by atoms with Crippen LogP contribution in [-0.2, 0) is 14.4 Å². The number of carboxylic acids is 1. The zero-order valence-electron chi connectivity index (χ0n) is 23.1. The fraction of sp³-hybridized carbons (Fsp3) is 0.500. The second kappa shape index (κ2) is 11.3. The fourth-order valence-electron chi connectivity index (χ4n) is 7.90. The molecule has 0 spiro atoms. The molecule has 2 aliphatic carbocycles. The van der Waals surface area contributed by atoms with E-state index in [0.29, 0.717) is 6.42 Å². The van der Waals surface area contributed by atoms with Gasteiger partial charge in [0.1, 0.15) is 5.54 Å². The van der Waals surface area contributed by atoms with E-state index in [1.807, 2.05) is 60.7 Å². The van der Waals surface area contributed by atoms with Gasteiger partial charge in [-0.05, 0) is 41.9 Å². The van der Waals surface area contributed by atoms with Gasteiger partial charge < -0.3 is 5.11 Å². The monoisotopic (exact) mass is 540 g/mol. The molecule has 2 heterocycles. The lowest BCUT2D eigenvalue weighted by Gasteiger charge is -2.37. The molecule has 6 heteroatoms. The predicted molar refractivity (Wildman–Crippen MR) is 155 cm³/mol. The zero-order valence-corrected chi connectivity index (χ0v) is 23.1. The van der Waals surface area contributed by atoms with Crippen LogP contribution in [0.4, 0.5) is 0 Å². The van der Waals surface area contributed by atoms with E-state index in [0.717, 1.165) is 74.5 Å². The second-order valence-corrected chi connectivity index (χ2v) is 12.4. The van der Waals surface area contributed by atoms with Crippen LogP contribution in [0.2, 0.25) is 0 Å². The smallest absolute Gasteiger partial charge is 0.324 e. The van der Waals surface area contributed by atoms with Crippen molar-refractivity contribution in [1.29, 1.82) is 0 Å². The number of aliphatic carboxylic acids is 1. The van der Waals surface area contributed by atoms with Gasteiger partial charge in [0, 0.05) is 12.1 Å². The number of likely N-dealkylation sites (tertiary alicyclic amines) is 1. The van der Waals surface area contributed by atoms with Crippen LogP contribution in [-0.4, -0.2) is 39.4 Å². The molecule has 2 N–H and O–H groups in total. The Kier molecular flexibility index (Phi) is 7.63. The summed E-state index contributed by atoms with van der Waals surface area (Å²) in [4.78, 5) is 42.8. The Balaban J connectivity index is 1.34. The van der Waals surface area contributed by atoms with Crippen molar-refractivity contribution in [2.45, 2.75) is 88.3 Å². The van der Waals surface area contributed by atoms with Gasteiger partial charge in [0.25, 0.3) is 0 Å². The van der Waals surface area contributed by atoms with Gasteiger partial charge in [0.05, 0.1) is 11.8 Å². The Bertz CT molecular complexity index is 1260. The van der Waals surface area contributed by atoms with Crippen LogP contribution in [0.15, 0.2) is 54.6 Å². The molecule has 0 bridgehead atoms. The Labute approximate surface area is 236 Å². The number of benzene rings is 2. The maximum absolute atomic E-state index is 14.1. The molecule has 6 rings (SSSR count). The summed E-state index contributed by atoms with van der Waals surface area (Å²) < 4.78 is 0. The highest BCUT2D eigenvalue weighted by Crippen LogP contribution is 2.53. The largest absolute Gasteiger partial charge is 0.480 e. The summed E-state index contributed by atoms with van der Waals surface area (Å²) in [6, 6.07) is 17.5. The van der Waals surface area contributed by atoms with Crippen molar-refractivity contribution < 1.29 is 19.5 Å². The Morgan fingerprint density at radius 2 is 1.43 bits per heavy atom. The molecule has 0 radical (unpaired) electrons. The van der Waals surface area contributed by atoms with E-state index in [-0.39, 0.29) is 23.8 Å². The highest BCUT2D eigenvalue weighted by Gasteiger charge is 2.69. The summed E-state index contributed by atoms with van der Waals surface area (Å²) in [5.41, 5.74) is 1.56. The topological polar surface area (TPSA) is 86.7 Å². The van der Waals surface area contributed by atoms with Gasteiger partial charge in [-0.15, -0.1) is 0 Å². The van der Waals surface area contributed by atoms with Crippen LogP contribution in [0.25, 0.3) is 12.2 Å². The minimum Gasteiger partial charge on any atom is -0.480 e. The number of fused-ring (bicyclic) bond motifs is 1. The van der Waals surface area contributed by atoms with E-state index in [1.165, 1.54) is 11.3 Å². The SMILES string of the molecule is O=C1C2C(c3ccc(/C=C/c4ccccc4)cc3)NC(CC3CCCCC3)(C(=O)O)C2C(=O)N1C1CCCCC1. The van der Waals surface area contributed by atoms with E-state index in [2.05, 4.69) is 11.4 Å². The number of carboxylic acid groups (broad SMARTS) is 1. The highest BCUT2D eigenvalue weighted by atomic mass is 16.4. The summed E-state index contributed by atoms with van der Waals surface area (Å²) in [5, 5.41) is 14.2. The zero-order chi connectivity index (χ0) is 27.7. The van der Waals surface area contributed by atoms with E-state index < -0.39 is 29.4 Å². The third-order valence-electron chi connectivity index (χ3n) is 9.91. The number of hydrogen-bond donors (Lipinski definition) is 2. The van der Waals surface area contributed by atoms with Crippen molar-refractivity contribution in [1.82, 2.24) is 10.2 Å². The van der Waals surface area contributed by atoms with Gasteiger partial charge in [-0.2, -0.15) is 0 Å². The highest BCUT2D eigenvalue weighted by molar-refractivity contribution is 6.09. The first kappa shape index (κ1) is 26.9. The lowest BCUT2D eigenvalue weighted by molar-refractivity contribution is -0.153. The predicted octanol–water partition coefficient (Wildman–Crippen LogP) is 6.23. The maximum Gasteiger partial charge on any atom is 0.324 e. The lowest BCUT2D eigenvalue weighted by atomic mass is 9.72. The first-order chi connectivity index (χ1) is 19.5. The summed E-state index contributed by atoms with van der Waals surface area (Å²) in [5.74, 6) is -2.76. The molecule has 4 atom stereocenters. The molecular weight excluding hydrogens is 500 g/mol. The van der Waals surface area contributed by atoms with Gasteiger partial charge in [-0.1, -0.05) is 118 Å². The van der Waals surface area contributed by atoms with Crippen molar-refractivity contribution in [3.8, 4) is 0 Å². The first-order valence-electron chi connectivity index (χ1n) is 15.2. The molecule has 2 saturated carbocycles. The molecule has 2 aliphatic heterocycles. The Morgan fingerprint density at radius 3 is 2.05 bits per heavy atom. The summed E-state index contributed by atoms with van der Waals surface area (Å²) in [6.45, 7) is 0. The molecule has 2 amide bonds. The van der Waals surface area contributed by atoms with Gasteiger partial charge >= 0.3 is 5.97 Å². The van der Waals surface area contributed by atoms with Crippen LogP contribution in [0, 0.1) is 17.8 Å². The number of rotatable bonds is 7. The molecule has 210 valence electrons. The maximum atomic E-state index is 14.1. The molecular formula is C34H40N2O4. The first-order valence-corrected chi connectivity index (χ1v) is 15.2. The normalized spacial score (nSPS) is 29.8. The van der Waals surface area contributed by atoms with Gasteiger partial charge in [-0.25, -0.2) is 0 Å². The van der Waals surface area contributed by atoms with E-state index in [9.17, 15) is 19.5 Å². The van der Waals surface area contributed by atoms with E-state index >= 15 is 0 Å². The second-order valence-electron chi connectivity index (χ2n) is 12.4. The number of hydrogen-bond acceptors (Lipinski definition) is 4. The summed E-state index contributed by atoms with van der Waals surface area (Å²) in [7, 11) is 0. The summed E-state index contributed by atoms with van der Waals surface area (Å²) in [6.07, 6.45) is 14.6. The quantitative estimate of drug-likeness (QED) is 0.321. The number of amides is 2. The van der Waals surface area contributed by atoms with Crippen LogP contribution < -0.4 is 5.32 Å². The van der Waals surface area contributed by atoms with Gasteiger partial charge in [0.2, 0.25) is 11.8 Å². The molecule has 4 fully saturated rings. The van der Waals surface area contributed by atoms with Crippen LogP contribution in [0.5, 0.6) is 0 Å². The average Bonchev–Trinajstić information content (AvgIpc) is 3.47. The van der Waals surface area contributed by atoms with Gasteiger partial charge in [-0.3, -0.25) is 24.6 Å². The number of carbonyl (C=O) groups is 3. The van der Waals surface area contributed by atoms with E-state index in [4.69, 9.17) is 0 Å². The standard InChI is InChI=1S/C34H40N2O4/c37-31-28-29(32(38)36(31)27-14-8-3-9-15-27)34(33(39)40,22-25-12-6-2-7-13-25)35-30(28)26-20-18-24(19-21-26)17-16-23-10-4-1-5-11-23/h1,4-5,10-11,16-21,25,27-30,35H,2-3,6-9,12-15,22H2,(H,39,40)/b17-16+. The average molecular weight is 541 g/mol.